The number of benzene rings is 1. The van der Waals surface area contributed by atoms with Gasteiger partial charge in [-0.2, -0.15) is 0 Å². The molecule has 5 heteroatoms. The number of fused-ring (bicyclic) bond motifs is 1. The summed E-state index contributed by atoms with van der Waals surface area (Å²) in [4.78, 5) is 16.1. The Morgan fingerprint density at radius 1 is 1.40 bits per heavy atom. The van der Waals surface area contributed by atoms with Gasteiger partial charge in [0.15, 0.2) is 0 Å². The zero-order valence-electron chi connectivity index (χ0n) is 11.2. The Hall–Kier alpha value is -2.30. The number of hydrogen-bond acceptors (Lipinski definition) is 4. The van der Waals surface area contributed by atoms with Gasteiger partial charge in [0.1, 0.15) is 11.6 Å². The number of rotatable bonds is 2. The zero-order chi connectivity index (χ0) is 14.1. The van der Waals surface area contributed by atoms with Crippen LogP contribution < -0.4 is 0 Å². The fourth-order valence-corrected chi connectivity index (χ4v) is 2.65. The fraction of sp³-hybridized carbons (Fsp3) is 0.333. The van der Waals surface area contributed by atoms with Crippen molar-refractivity contribution >= 4 is 5.97 Å². The van der Waals surface area contributed by atoms with Gasteiger partial charge in [-0.05, 0) is 37.1 Å². The van der Waals surface area contributed by atoms with Crippen molar-refractivity contribution in [1.29, 1.82) is 0 Å². The van der Waals surface area contributed by atoms with Crippen LogP contribution in [0.2, 0.25) is 0 Å². The summed E-state index contributed by atoms with van der Waals surface area (Å²) in [7, 11) is 1.42. The third-order valence-corrected chi connectivity index (χ3v) is 3.75. The molecule has 1 aromatic heterocycles. The summed E-state index contributed by atoms with van der Waals surface area (Å²) < 4.78 is 6.90. The van der Waals surface area contributed by atoms with Crippen molar-refractivity contribution in [3.8, 4) is 17.1 Å². The highest BCUT2D eigenvalue weighted by molar-refractivity contribution is 5.72. The molecular formula is C15H16N2O3. The Morgan fingerprint density at radius 3 is 2.85 bits per heavy atom. The van der Waals surface area contributed by atoms with Gasteiger partial charge in [0.2, 0.25) is 0 Å². The average molecular weight is 272 g/mol. The summed E-state index contributed by atoms with van der Waals surface area (Å²) in [5.74, 6) is 0.777. The summed E-state index contributed by atoms with van der Waals surface area (Å²) in [5.41, 5.74) is 2.06. The highest BCUT2D eigenvalue weighted by Crippen LogP contribution is 2.28. The first-order valence-corrected chi connectivity index (χ1v) is 6.60. The molecule has 0 amide bonds. The minimum absolute atomic E-state index is 0.113. The van der Waals surface area contributed by atoms with Crippen LogP contribution in [0, 0.1) is 5.92 Å². The molecule has 0 fully saturated rings. The number of nitrogens with zero attached hydrogens (tertiary/aromatic N) is 2. The molecule has 0 aliphatic carbocycles. The topological polar surface area (TPSA) is 64.3 Å². The molecule has 0 saturated carbocycles. The lowest BCUT2D eigenvalue weighted by molar-refractivity contribution is -0.146. The van der Waals surface area contributed by atoms with E-state index in [1.807, 2.05) is 18.3 Å². The second kappa shape index (κ2) is 5.00. The zero-order valence-corrected chi connectivity index (χ0v) is 11.2. The van der Waals surface area contributed by atoms with Crippen molar-refractivity contribution in [3.05, 3.63) is 36.2 Å². The van der Waals surface area contributed by atoms with Crippen LogP contribution in [0.5, 0.6) is 5.75 Å². The first-order chi connectivity index (χ1) is 9.69. The minimum Gasteiger partial charge on any atom is -0.508 e. The lowest BCUT2D eigenvalue weighted by atomic mass is 9.98. The van der Waals surface area contributed by atoms with E-state index in [0.717, 1.165) is 29.9 Å². The number of aromatic hydroxyl groups is 1. The summed E-state index contributed by atoms with van der Waals surface area (Å²) in [6, 6.07) is 6.93. The monoisotopic (exact) mass is 272 g/mol. The number of phenolic OH excluding ortho intramolecular Hbond substituents is 1. The second-order valence-corrected chi connectivity index (χ2v) is 4.99. The summed E-state index contributed by atoms with van der Waals surface area (Å²) in [6.07, 6.45) is 3.48. The number of carbonyl (C=O) groups is 1. The Balaban J connectivity index is 1.94. The number of carbonyl (C=O) groups excluding carboxylic acids is 1. The van der Waals surface area contributed by atoms with Gasteiger partial charge in [-0.25, -0.2) is 4.98 Å². The van der Waals surface area contributed by atoms with Crippen molar-refractivity contribution in [2.24, 2.45) is 5.92 Å². The van der Waals surface area contributed by atoms with Gasteiger partial charge in [-0.1, -0.05) is 0 Å². The molecular weight excluding hydrogens is 256 g/mol. The molecule has 1 aliphatic heterocycles. The third kappa shape index (κ3) is 2.15. The van der Waals surface area contributed by atoms with E-state index < -0.39 is 0 Å². The van der Waals surface area contributed by atoms with Gasteiger partial charge in [-0.15, -0.1) is 0 Å². The molecule has 1 unspecified atom stereocenters. The highest BCUT2D eigenvalue weighted by Gasteiger charge is 2.27. The Morgan fingerprint density at radius 2 is 2.15 bits per heavy atom. The van der Waals surface area contributed by atoms with Gasteiger partial charge in [0.25, 0.3) is 0 Å². The normalized spacial score (nSPS) is 17.6. The summed E-state index contributed by atoms with van der Waals surface area (Å²) in [5, 5.41) is 9.35. The van der Waals surface area contributed by atoms with Gasteiger partial charge in [0, 0.05) is 24.0 Å². The highest BCUT2D eigenvalue weighted by atomic mass is 16.5. The number of methoxy groups -OCH3 is 1. The van der Waals surface area contributed by atoms with E-state index in [-0.39, 0.29) is 17.6 Å². The number of esters is 1. The summed E-state index contributed by atoms with van der Waals surface area (Å²) >= 11 is 0. The van der Waals surface area contributed by atoms with Crippen LogP contribution in [0.3, 0.4) is 0 Å². The Kier molecular flexibility index (Phi) is 3.18. The maximum atomic E-state index is 11.7. The van der Waals surface area contributed by atoms with E-state index in [1.54, 1.807) is 12.1 Å². The molecule has 0 radical (unpaired) electrons. The second-order valence-electron chi connectivity index (χ2n) is 4.99. The minimum atomic E-state index is -0.166. The maximum absolute atomic E-state index is 11.7. The number of phenols is 1. The van der Waals surface area contributed by atoms with Crippen LogP contribution in [0.4, 0.5) is 0 Å². The number of imidazole rings is 1. The van der Waals surface area contributed by atoms with Crippen molar-refractivity contribution in [2.45, 2.75) is 19.4 Å². The molecule has 104 valence electrons. The van der Waals surface area contributed by atoms with Crippen LogP contribution in [0.15, 0.2) is 30.5 Å². The SMILES string of the molecule is COC(=O)C1CCc2cnc(-c3ccc(O)cc3)n2C1. The molecule has 1 atom stereocenters. The van der Waals surface area contributed by atoms with Gasteiger partial charge in [-0.3, -0.25) is 4.79 Å². The molecule has 0 bridgehead atoms. The molecule has 0 saturated heterocycles. The average Bonchev–Trinajstić information content (AvgIpc) is 2.90. The predicted molar refractivity (Wildman–Crippen MR) is 73.2 cm³/mol. The van der Waals surface area contributed by atoms with Gasteiger partial charge >= 0.3 is 5.97 Å². The van der Waals surface area contributed by atoms with Crippen molar-refractivity contribution in [3.63, 3.8) is 0 Å². The van der Waals surface area contributed by atoms with E-state index >= 15 is 0 Å². The van der Waals surface area contributed by atoms with Crippen LogP contribution >= 0.6 is 0 Å². The van der Waals surface area contributed by atoms with Crippen molar-refractivity contribution in [1.82, 2.24) is 9.55 Å². The van der Waals surface area contributed by atoms with Crippen molar-refractivity contribution in [2.75, 3.05) is 7.11 Å². The molecule has 3 rings (SSSR count). The largest absolute Gasteiger partial charge is 0.508 e. The van der Waals surface area contributed by atoms with Gasteiger partial charge < -0.3 is 14.4 Å². The summed E-state index contributed by atoms with van der Waals surface area (Å²) in [6.45, 7) is 0.595. The van der Waals surface area contributed by atoms with Gasteiger partial charge in [0.05, 0.1) is 13.0 Å². The van der Waals surface area contributed by atoms with E-state index in [9.17, 15) is 9.90 Å². The molecule has 1 aromatic carbocycles. The lowest BCUT2D eigenvalue weighted by Gasteiger charge is -2.23. The van der Waals surface area contributed by atoms with E-state index in [2.05, 4.69) is 9.55 Å². The lowest BCUT2D eigenvalue weighted by Crippen LogP contribution is -2.27. The third-order valence-electron chi connectivity index (χ3n) is 3.75. The van der Waals surface area contributed by atoms with Crippen molar-refractivity contribution < 1.29 is 14.6 Å². The Bertz CT molecular complexity index is 631. The molecule has 1 N–H and O–H groups in total. The standard InChI is InChI=1S/C15H16N2O3/c1-20-15(19)11-2-5-12-8-16-14(17(12)9-11)10-3-6-13(18)7-4-10/h3-4,6-8,11,18H,2,5,9H2,1H3. The first-order valence-electron chi connectivity index (χ1n) is 6.60. The number of aryl methyl sites for hydroxylation is 1. The number of aromatic nitrogens is 2. The van der Waals surface area contributed by atoms with E-state index in [4.69, 9.17) is 4.74 Å². The quantitative estimate of drug-likeness (QED) is 0.849. The Labute approximate surface area is 116 Å². The molecule has 5 nitrogen and oxygen atoms in total. The predicted octanol–water partition coefficient (Wildman–Crippen LogP) is 1.99. The van der Waals surface area contributed by atoms with Crippen LogP contribution in [0.1, 0.15) is 12.1 Å². The molecule has 2 aromatic rings. The molecule has 1 aliphatic rings. The number of hydrogen-bond donors (Lipinski definition) is 1. The molecule has 0 spiro atoms. The first kappa shape index (κ1) is 12.7. The number of ether oxygens (including phenoxy) is 1. The van der Waals surface area contributed by atoms with Crippen LogP contribution in [-0.2, 0) is 22.5 Å². The van der Waals surface area contributed by atoms with Crippen LogP contribution in [0.25, 0.3) is 11.4 Å². The van der Waals surface area contributed by atoms with Crippen LogP contribution in [-0.4, -0.2) is 27.7 Å². The fourth-order valence-electron chi connectivity index (χ4n) is 2.65. The maximum Gasteiger partial charge on any atom is 0.310 e. The smallest absolute Gasteiger partial charge is 0.310 e. The van der Waals surface area contributed by atoms with E-state index in [0.29, 0.717) is 6.54 Å². The van der Waals surface area contributed by atoms with E-state index in [1.165, 1.54) is 7.11 Å². The molecule has 20 heavy (non-hydrogen) atoms. The molecule has 2 heterocycles.